The van der Waals surface area contributed by atoms with Gasteiger partial charge in [-0.25, -0.2) is 4.79 Å². The lowest BCUT2D eigenvalue weighted by Gasteiger charge is -2.06. The van der Waals surface area contributed by atoms with Crippen LogP contribution >= 0.6 is 0 Å². The fraction of sp³-hybridized carbons (Fsp3) is 0.385. The van der Waals surface area contributed by atoms with E-state index < -0.39 is 6.09 Å². The van der Waals surface area contributed by atoms with Crippen molar-refractivity contribution in [2.45, 2.75) is 26.9 Å². The van der Waals surface area contributed by atoms with Gasteiger partial charge in [-0.05, 0) is 12.5 Å². The number of rotatable bonds is 5. The molecule has 0 radical (unpaired) electrons. The normalized spacial score (nSPS) is 10.9. The lowest BCUT2D eigenvalue weighted by Crippen LogP contribution is -2.30. The molecule has 0 bridgehead atoms. The maximum absolute atomic E-state index is 11.2. The number of hydrogen-bond acceptors (Lipinski definition) is 4. The first-order valence-electron chi connectivity index (χ1n) is 5.92. The Morgan fingerprint density at radius 3 is 2.61 bits per heavy atom. The van der Waals surface area contributed by atoms with Gasteiger partial charge in [0.1, 0.15) is 6.61 Å². The standard InChI is InChI=1S/C13H18N2O3/c1-3-12(14-13(16)17-4-2)15-18-10-11-8-6-5-7-9-11/h5-9H,3-4,10H2,1-2H3,(H,14,15,16). The number of alkyl carbamates (subject to hydrolysis) is 1. The third kappa shape index (κ3) is 5.34. The smallest absolute Gasteiger partial charge is 0.412 e. The first kappa shape index (κ1) is 14.0. The van der Waals surface area contributed by atoms with Crippen molar-refractivity contribution >= 4 is 11.9 Å². The quantitative estimate of drug-likeness (QED) is 0.496. The molecule has 1 amide bonds. The van der Waals surface area contributed by atoms with Gasteiger partial charge in [0.05, 0.1) is 6.61 Å². The highest BCUT2D eigenvalue weighted by Crippen LogP contribution is 2.00. The number of oxime groups is 1. The zero-order valence-corrected chi connectivity index (χ0v) is 10.7. The average molecular weight is 250 g/mol. The number of benzene rings is 1. The van der Waals surface area contributed by atoms with Crippen LogP contribution in [0.5, 0.6) is 0 Å². The fourth-order valence-electron chi connectivity index (χ4n) is 1.22. The van der Waals surface area contributed by atoms with Crippen LogP contribution in [0.1, 0.15) is 25.8 Å². The van der Waals surface area contributed by atoms with Crippen LogP contribution in [-0.4, -0.2) is 18.5 Å². The van der Waals surface area contributed by atoms with Crippen molar-refractivity contribution in [2.24, 2.45) is 5.16 Å². The highest BCUT2D eigenvalue weighted by atomic mass is 16.6. The second kappa shape index (κ2) is 8.11. The van der Waals surface area contributed by atoms with Crippen LogP contribution in [-0.2, 0) is 16.2 Å². The number of carbonyl (C=O) groups is 1. The summed E-state index contributed by atoms with van der Waals surface area (Å²) in [6, 6.07) is 9.69. The van der Waals surface area contributed by atoms with Crippen molar-refractivity contribution in [3.8, 4) is 0 Å². The second-order valence-corrected chi connectivity index (χ2v) is 3.50. The number of amides is 1. The molecule has 1 N–H and O–H groups in total. The number of carbonyl (C=O) groups excluding carboxylic acids is 1. The predicted molar refractivity (Wildman–Crippen MR) is 69.1 cm³/mol. The number of nitrogens with one attached hydrogen (secondary N) is 1. The van der Waals surface area contributed by atoms with E-state index in [9.17, 15) is 4.79 Å². The van der Waals surface area contributed by atoms with E-state index in [4.69, 9.17) is 9.57 Å². The Labute approximate surface area is 107 Å². The van der Waals surface area contributed by atoms with Gasteiger partial charge < -0.3 is 9.57 Å². The molecule has 0 spiro atoms. The Morgan fingerprint density at radius 2 is 2.00 bits per heavy atom. The zero-order chi connectivity index (χ0) is 13.2. The molecule has 98 valence electrons. The summed E-state index contributed by atoms with van der Waals surface area (Å²) in [5, 5.41) is 6.38. The van der Waals surface area contributed by atoms with Gasteiger partial charge in [0.2, 0.25) is 0 Å². The van der Waals surface area contributed by atoms with Crippen molar-refractivity contribution in [1.29, 1.82) is 0 Å². The molecule has 0 atom stereocenters. The van der Waals surface area contributed by atoms with E-state index in [1.165, 1.54) is 0 Å². The van der Waals surface area contributed by atoms with Gasteiger partial charge in [-0.3, -0.25) is 5.32 Å². The van der Waals surface area contributed by atoms with Crippen molar-refractivity contribution in [1.82, 2.24) is 5.32 Å². The van der Waals surface area contributed by atoms with Gasteiger partial charge >= 0.3 is 6.09 Å². The third-order valence-corrected chi connectivity index (χ3v) is 2.11. The Hall–Kier alpha value is -2.04. The summed E-state index contributed by atoms with van der Waals surface area (Å²) in [6.45, 7) is 4.31. The van der Waals surface area contributed by atoms with Crippen LogP contribution in [0.15, 0.2) is 35.5 Å². The Kier molecular flexibility index (Phi) is 6.32. The molecule has 0 aromatic heterocycles. The van der Waals surface area contributed by atoms with E-state index in [-0.39, 0.29) is 0 Å². The zero-order valence-electron chi connectivity index (χ0n) is 10.7. The van der Waals surface area contributed by atoms with Gasteiger partial charge in [0, 0.05) is 6.42 Å². The molecule has 0 aliphatic carbocycles. The lowest BCUT2D eigenvalue weighted by atomic mass is 10.2. The fourth-order valence-corrected chi connectivity index (χ4v) is 1.22. The van der Waals surface area contributed by atoms with Crippen LogP contribution in [0.3, 0.4) is 0 Å². The molecule has 1 aromatic carbocycles. The maximum Gasteiger partial charge on any atom is 0.412 e. The minimum Gasteiger partial charge on any atom is -0.450 e. The van der Waals surface area contributed by atoms with Crippen molar-refractivity contribution in [3.05, 3.63) is 35.9 Å². The van der Waals surface area contributed by atoms with Crippen LogP contribution in [0.4, 0.5) is 4.79 Å². The Bertz CT molecular complexity index is 390. The number of hydrogen-bond donors (Lipinski definition) is 1. The molecule has 1 rings (SSSR count). The van der Waals surface area contributed by atoms with Gasteiger partial charge in [-0.2, -0.15) is 0 Å². The molecule has 0 unspecified atom stereocenters. The Balaban J connectivity index is 2.40. The SMILES string of the molecule is CCOC(=O)NC(CC)=NOCc1ccccc1. The summed E-state index contributed by atoms with van der Waals surface area (Å²) in [6.07, 6.45) is 0.0505. The average Bonchev–Trinajstić information content (AvgIpc) is 2.39. The van der Waals surface area contributed by atoms with Crippen molar-refractivity contribution in [3.63, 3.8) is 0 Å². The van der Waals surface area contributed by atoms with Crippen LogP contribution in [0, 0.1) is 0 Å². The maximum atomic E-state index is 11.2. The molecular weight excluding hydrogens is 232 g/mol. The van der Waals surface area contributed by atoms with Crippen molar-refractivity contribution < 1.29 is 14.4 Å². The van der Waals surface area contributed by atoms with E-state index in [0.717, 1.165) is 5.56 Å². The van der Waals surface area contributed by atoms with Gasteiger partial charge in [-0.1, -0.05) is 42.4 Å². The van der Waals surface area contributed by atoms with E-state index in [1.807, 2.05) is 37.3 Å². The van der Waals surface area contributed by atoms with E-state index in [1.54, 1.807) is 6.92 Å². The molecule has 0 aliphatic rings. The molecule has 18 heavy (non-hydrogen) atoms. The summed E-state index contributed by atoms with van der Waals surface area (Å²) >= 11 is 0. The highest BCUT2D eigenvalue weighted by molar-refractivity contribution is 5.94. The molecule has 0 saturated carbocycles. The molecular formula is C13H18N2O3. The van der Waals surface area contributed by atoms with Gasteiger partial charge in [-0.15, -0.1) is 0 Å². The minimum atomic E-state index is -0.513. The molecule has 0 fully saturated rings. The largest absolute Gasteiger partial charge is 0.450 e. The lowest BCUT2D eigenvalue weighted by molar-refractivity contribution is 0.127. The first-order valence-corrected chi connectivity index (χ1v) is 5.92. The third-order valence-electron chi connectivity index (χ3n) is 2.11. The highest BCUT2D eigenvalue weighted by Gasteiger charge is 2.04. The number of ether oxygens (including phenoxy) is 1. The summed E-state index contributed by atoms with van der Waals surface area (Å²) in [7, 11) is 0. The molecule has 5 heteroatoms. The summed E-state index contributed by atoms with van der Waals surface area (Å²) in [4.78, 5) is 16.3. The number of amidine groups is 1. The van der Waals surface area contributed by atoms with Gasteiger partial charge in [0.15, 0.2) is 5.84 Å². The van der Waals surface area contributed by atoms with E-state index in [2.05, 4.69) is 10.5 Å². The summed E-state index contributed by atoms with van der Waals surface area (Å²) in [5.41, 5.74) is 1.02. The molecule has 5 nitrogen and oxygen atoms in total. The number of nitrogens with zero attached hydrogens (tertiary/aromatic N) is 1. The van der Waals surface area contributed by atoms with Gasteiger partial charge in [0.25, 0.3) is 0 Å². The predicted octanol–water partition coefficient (Wildman–Crippen LogP) is 2.67. The monoisotopic (exact) mass is 250 g/mol. The van der Waals surface area contributed by atoms with Crippen LogP contribution < -0.4 is 5.32 Å². The minimum absolute atomic E-state index is 0.327. The van der Waals surface area contributed by atoms with Crippen LogP contribution in [0.2, 0.25) is 0 Å². The summed E-state index contributed by atoms with van der Waals surface area (Å²) in [5.74, 6) is 0.449. The van der Waals surface area contributed by atoms with Crippen LogP contribution in [0.25, 0.3) is 0 Å². The van der Waals surface area contributed by atoms with Crippen molar-refractivity contribution in [2.75, 3.05) is 6.61 Å². The molecule has 0 aliphatic heterocycles. The molecule has 0 saturated heterocycles. The van der Waals surface area contributed by atoms with E-state index >= 15 is 0 Å². The topological polar surface area (TPSA) is 59.9 Å². The second-order valence-electron chi connectivity index (χ2n) is 3.50. The Morgan fingerprint density at radius 1 is 1.28 bits per heavy atom. The first-order chi connectivity index (χ1) is 8.76. The van der Waals surface area contributed by atoms with E-state index in [0.29, 0.717) is 25.5 Å². The molecule has 0 heterocycles. The summed E-state index contributed by atoms with van der Waals surface area (Å²) < 4.78 is 4.75. The molecule has 1 aromatic rings.